The number of ether oxygens (including phenoxy) is 1. The lowest BCUT2D eigenvalue weighted by atomic mass is 10.0. The van der Waals surface area contributed by atoms with E-state index in [0.29, 0.717) is 0 Å². The van der Waals surface area contributed by atoms with Gasteiger partial charge in [0.1, 0.15) is 0 Å². The Kier molecular flexibility index (Phi) is 4.68. The zero-order valence-corrected chi connectivity index (χ0v) is 9.47. The molecule has 1 nitrogen and oxygen atoms in total. The summed E-state index contributed by atoms with van der Waals surface area (Å²) in [5.41, 5.74) is 4.22. The zero-order chi connectivity index (χ0) is 10.4. The topological polar surface area (TPSA) is 9.23 Å². The highest BCUT2D eigenvalue weighted by Gasteiger charge is 2.02. The van der Waals surface area contributed by atoms with E-state index in [9.17, 15) is 0 Å². The van der Waals surface area contributed by atoms with E-state index in [1.165, 1.54) is 16.7 Å². The maximum atomic E-state index is 5.37. The van der Waals surface area contributed by atoms with E-state index in [1.807, 2.05) is 0 Å². The van der Waals surface area contributed by atoms with Gasteiger partial charge in [-0.2, -0.15) is 0 Å². The van der Waals surface area contributed by atoms with Crippen LogP contribution in [0.5, 0.6) is 0 Å². The van der Waals surface area contributed by atoms with Crippen molar-refractivity contribution in [2.75, 3.05) is 13.2 Å². The first kappa shape index (κ1) is 11.3. The van der Waals surface area contributed by atoms with E-state index in [-0.39, 0.29) is 0 Å². The molecular formula is C13H20O. The Morgan fingerprint density at radius 3 is 2.79 bits per heavy atom. The first-order chi connectivity index (χ1) is 6.70. The van der Waals surface area contributed by atoms with Gasteiger partial charge in [-0.3, -0.25) is 0 Å². The second-order valence-electron chi connectivity index (χ2n) is 4.04. The molecule has 0 bridgehead atoms. The minimum absolute atomic E-state index is 0.769. The summed E-state index contributed by atoms with van der Waals surface area (Å²) in [7, 11) is 0. The van der Waals surface area contributed by atoms with Crippen LogP contribution in [0.25, 0.3) is 0 Å². The maximum Gasteiger partial charge on any atom is 0.0720 e. The van der Waals surface area contributed by atoms with E-state index in [4.69, 9.17) is 4.74 Å². The van der Waals surface area contributed by atoms with Crippen LogP contribution in [0.4, 0.5) is 0 Å². The second kappa shape index (κ2) is 5.82. The van der Waals surface area contributed by atoms with Crippen molar-refractivity contribution in [2.24, 2.45) is 0 Å². The predicted octanol–water partition coefficient (Wildman–Crippen LogP) is 3.64. The molecule has 0 aromatic rings. The van der Waals surface area contributed by atoms with Crippen LogP contribution in [-0.2, 0) is 4.74 Å². The fraction of sp³-hybridized carbons (Fsp3) is 0.538. The van der Waals surface area contributed by atoms with Crippen molar-refractivity contribution >= 4 is 0 Å². The normalized spacial score (nSPS) is 19.4. The Morgan fingerprint density at radius 2 is 2.21 bits per heavy atom. The van der Waals surface area contributed by atoms with Crippen molar-refractivity contribution in [1.29, 1.82) is 0 Å². The van der Waals surface area contributed by atoms with Gasteiger partial charge in [-0.1, -0.05) is 29.4 Å². The third-order valence-electron chi connectivity index (χ3n) is 2.41. The van der Waals surface area contributed by atoms with Crippen LogP contribution in [0.15, 0.2) is 34.9 Å². The van der Waals surface area contributed by atoms with Crippen molar-refractivity contribution < 1.29 is 4.74 Å². The molecule has 1 aliphatic heterocycles. The molecule has 0 aromatic heterocycles. The lowest BCUT2D eigenvalue weighted by Crippen LogP contribution is -2.04. The van der Waals surface area contributed by atoms with Crippen LogP contribution in [0.2, 0.25) is 0 Å². The van der Waals surface area contributed by atoms with E-state index in [0.717, 1.165) is 26.1 Å². The average Bonchev–Trinajstić information content (AvgIpc) is 2.18. The summed E-state index contributed by atoms with van der Waals surface area (Å²) in [6.45, 7) is 8.05. The van der Waals surface area contributed by atoms with Gasteiger partial charge in [-0.15, -0.1) is 0 Å². The first-order valence-corrected chi connectivity index (χ1v) is 5.26. The van der Waals surface area contributed by atoms with Crippen LogP contribution in [0.3, 0.4) is 0 Å². The molecular weight excluding hydrogens is 172 g/mol. The smallest absolute Gasteiger partial charge is 0.0720 e. The van der Waals surface area contributed by atoms with Gasteiger partial charge in [-0.05, 0) is 39.2 Å². The molecule has 0 atom stereocenters. The van der Waals surface area contributed by atoms with Crippen LogP contribution >= 0.6 is 0 Å². The van der Waals surface area contributed by atoms with Crippen molar-refractivity contribution in [3.05, 3.63) is 34.9 Å². The van der Waals surface area contributed by atoms with Gasteiger partial charge < -0.3 is 4.74 Å². The van der Waals surface area contributed by atoms with Gasteiger partial charge in [0.2, 0.25) is 0 Å². The molecule has 1 heterocycles. The standard InChI is InChI=1S/C13H20O/c1-11(2)6-4-7-12(3)13-8-5-9-14-10-13/h5-6,8H,4,7,9-10H2,1-3H3/b13-12+. The Bertz CT molecular complexity index is 265. The van der Waals surface area contributed by atoms with E-state index >= 15 is 0 Å². The molecule has 0 fully saturated rings. The molecule has 14 heavy (non-hydrogen) atoms. The Balaban J connectivity index is 2.47. The molecule has 0 unspecified atom stereocenters. The predicted molar refractivity (Wildman–Crippen MR) is 61.3 cm³/mol. The molecule has 1 rings (SSSR count). The van der Waals surface area contributed by atoms with Gasteiger partial charge in [-0.25, -0.2) is 0 Å². The van der Waals surface area contributed by atoms with E-state index in [1.54, 1.807) is 0 Å². The minimum atomic E-state index is 0.769. The van der Waals surface area contributed by atoms with Gasteiger partial charge in [0.15, 0.2) is 0 Å². The number of hydrogen-bond acceptors (Lipinski definition) is 1. The van der Waals surface area contributed by atoms with Crippen LogP contribution in [0.1, 0.15) is 33.6 Å². The summed E-state index contributed by atoms with van der Waals surface area (Å²) in [4.78, 5) is 0. The molecule has 0 aromatic carbocycles. The molecule has 0 N–H and O–H groups in total. The van der Waals surface area contributed by atoms with E-state index < -0.39 is 0 Å². The summed E-state index contributed by atoms with van der Waals surface area (Å²) in [5.74, 6) is 0. The van der Waals surface area contributed by atoms with Gasteiger partial charge in [0, 0.05) is 0 Å². The summed E-state index contributed by atoms with van der Waals surface area (Å²) in [6.07, 6.45) is 8.86. The Morgan fingerprint density at radius 1 is 1.43 bits per heavy atom. The SMILES string of the molecule is CC(C)=CCC/C(C)=C1\C=CCOC1. The van der Waals surface area contributed by atoms with Crippen molar-refractivity contribution in [1.82, 2.24) is 0 Å². The van der Waals surface area contributed by atoms with Crippen LogP contribution < -0.4 is 0 Å². The van der Waals surface area contributed by atoms with Crippen molar-refractivity contribution in [2.45, 2.75) is 33.6 Å². The maximum absolute atomic E-state index is 5.37. The largest absolute Gasteiger partial charge is 0.373 e. The molecule has 1 heteroatoms. The third kappa shape index (κ3) is 3.93. The minimum Gasteiger partial charge on any atom is -0.373 e. The average molecular weight is 192 g/mol. The van der Waals surface area contributed by atoms with Gasteiger partial charge in [0.25, 0.3) is 0 Å². The molecule has 0 saturated carbocycles. The first-order valence-electron chi connectivity index (χ1n) is 5.26. The molecule has 1 aliphatic rings. The molecule has 0 spiro atoms. The molecule has 78 valence electrons. The van der Waals surface area contributed by atoms with Gasteiger partial charge in [0.05, 0.1) is 13.2 Å². The zero-order valence-electron chi connectivity index (χ0n) is 9.47. The van der Waals surface area contributed by atoms with Crippen LogP contribution in [-0.4, -0.2) is 13.2 Å². The monoisotopic (exact) mass is 192 g/mol. The highest BCUT2D eigenvalue weighted by atomic mass is 16.5. The molecule has 0 saturated heterocycles. The van der Waals surface area contributed by atoms with Crippen molar-refractivity contribution in [3.8, 4) is 0 Å². The Hall–Kier alpha value is -0.820. The fourth-order valence-electron chi connectivity index (χ4n) is 1.48. The van der Waals surface area contributed by atoms with E-state index in [2.05, 4.69) is 39.0 Å². The molecule has 0 radical (unpaired) electrons. The lowest BCUT2D eigenvalue weighted by Gasteiger charge is -2.12. The number of rotatable bonds is 3. The summed E-state index contributed by atoms with van der Waals surface area (Å²) in [5, 5.41) is 0. The quantitative estimate of drug-likeness (QED) is 0.620. The molecule has 0 amide bonds. The fourth-order valence-corrected chi connectivity index (χ4v) is 1.48. The molecule has 0 aliphatic carbocycles. The summed E-state index contributed by atoms with van der Waals surface area (Å²) < 4.78 is 5.37. The third-order valence-corrected chi connectivity index (χ3v) is 2.41. The highest BCUT2D eigenvalue weighted by Crippen LogP contribution is 2.15. The number of allylic oxidation sites excluding steroid dienone is 3. The summed E-state index contributed by atoms with van der Waals surface area (Å²) in [6, 6.07) is 0. The second-order valence-corrected chi connectivity index (χ2v) is 4.04. The summed E-state index contributed by atoms with van der Waals surface area (Å²) >= 11 is 0. The van der Waals surface area contributed by atoms with Crippen molar-refractivity contribution in [3.63, 3.8) is 0 Å². The van der Waals surface area contributed by atoms with Gasteiger partial charge >= 0.3 is 0 Å². The Labute approximate surface area is 87.2 Å². The number of hydrogen-bond donors (Lipinski definition) is 0. The lowest BCUT2D eigenvalue weighted by molar-refractivity contribution is 0.181. The highest BCUT2D eigenvalue weighted by molar-refractivity contribution is 5.27. The van der Waals surface area contributed by atoms with Crippen LogP contribution in [0, 0.1) is 0 Å².